The van der Waals surface area contributed by atoms with Gasteiger partial charge in [-0.25, -0.2) is 0 Å². The Labute approximate surface area is 119 Å². The second-order valence-corrected chi connectivity index (χ2v) is 5.83. The molecule has 2 unspecified atom stereocenters. The fourth-order valence-corrected chi connectivity index (χ4v) is 2.59. The van der Waals surface area contributed by atoms with E-state index in [1.54, 1.807) is 18.3 Å². The molecule has 1 aliphatic carbocycles. The molecular formula is C15H22N2O3. The van der Waals surface area contributed by atoms with Crippen LogP contribution in [0.5, 0.6) is 0 Å². The number of rotatable bonds is 5. The first-order chi connectivity index (χ1) is 9.40. The van der Waals surface area contributed by atoms with Crippen LogP contribution in [-0.4, -0.2) is 40.9 Å². The Kier molecular flexibility index (Phi) is 4.11. The standard InChI is InChI=1S/C15H22N2O3/c1-4-20-12-8-15(19,14(12,2)3)10-17-13(18)11-6-5-7-16-9-11/h5-7,9,12,19H,4,8,10H2,1-3H3,(H,17,18). The van der Waals surface area contributed by atoms with Gasteiger partial charge in [0.15, 0.2) is 0 Å². The number of hydrogen-bond donors (Lipinski definition) is 2. The van der Waals surface area contributed by atoms with Crippen LogP contribution in [0.25, 0.3) is 0 Å². The van der Waals surface area contributed by atoms with Crippen molar-refractivity contribution >= 4 is 5.91 Å². The summed E-state index contributed by atoms with van der Waals surface area (Å²) in [5.41, 5.74) is -0.801. The van der Waals surface area contributed by atoms with Crippen LogP contribution in [0.4, 0.5) is 0 Å². The molecule has 0 radical (unpaired) electrons. The molecule has 0 aliphatic heterocycles. The fourth-order valence-electron chi connectivity index (χ4n) is 2.59. The molecule has 0 bridgehead atoms. The highest BCUT2D eigenvalue weighted by atomic mass is 16.5. The molecule has 0 spiro atoms. The lowest BCUT2D eigenvalue weighted by molar-refractivity contribution is -0.237. The molecule has 0 aromatic carbocycles. The molecule has 5 nitrogen and oxygen atoms in total. The first kappa shape index (κ1) is 14.9. The zero-order valence-electron chi connectivity index (χ0n) is 12.2. The van der Waals surface area contributed by atoms with Crippen LogP contribution in [0.2, 0.25) is 0 Å². The second-order valence-electron chi connectivity index (χ2n) is 5.83. The summed E-state index contributed by atoms with van der Waals surface area (Å²) in [6, 6.07) is 3.41. The van der Waals surface area contributed by atoms with Gasteiger partial charge in [-0.3, -0.25) is 9.78 Å². The van der Waals surface area contributed by atoms with Crippen molar-refractivity contribution in [2.75, 3.05) is 13.2 Å². The van der Waals surface area contributed by atoms with E-state index in [-0.39, 0.29) is 24.0 Å². The van der Waals surface area contributed by atoms with E-state index >= 15 is 0 Å². The summed E-state index contributed by atoms with van der Waals surface area (Å²) in [6.45, 7) is 6.72. The predicted octanol–water partition coefficient (Wildman–Crippen LogP) is 1.38. The average molecular weight is 278 g/mol. The Bertz CT molecular complexity index is 475. The highest BCUT2D eigenvalue weighted by Crippen LogP contribution is 2.50. The maximum Gasteiger partial charge on any atom is 0.252 e. The van der Waals surface area contributed by atoms with Crippen LogP contribution < -0.4 is 5.32 Å². The third-order valence-electron chi connectivity index (χ3n) is 4.36. The summed E-state index contributed by atoms with van der Waals surface area (Å²) >= 11 is 0. The Morgan fingerprint density at radius 1 is 1.60 bits per heavy atom. The van der Waals surface area contributed by atoms with Crippen molar-refractivity contribution in [1.82, 2.24) is 10.3 Å². The lowest BCUT2D eigenvalue weighted by Gasteiger charge is -2.57. The van der Waals surface area contributed by atoms with Gasteiger partial charge in [-0.05, 0) is 19.1 Å². The van der Waals surface area contributed by atoms with Gasteiger partial charge < -0.3 is 15.2 Å². The van der Waals surface area contributed by atoms with Gasteiger partial charge in [0, 0.05) is 37.4 Å². The molecule has 1 heterocycles. The number of aromatic nitrogens is 1. The number of carbonyl (C=O) groups excluding carboxylic acids is 1. The molecule has 0 saturated heterocycles. The molecule has 5 heteroatoms. The van der Waals surface area contributed by atoms with E-state index in [9.17, 15) is 9.90 Å². The minimum absolute atomic E-state index is 0.0350. The predicted molar refractivity (Wildman–Crippen MR) is 75.3 cm³/mol. The summed E-state index contributed by atoms with van der Waals surface area (Å²) in [5, 5.41) is 13.4. The number of nitrogens with one attached hydrogen (secondary N) is 1. The van der Waals surface area contributed by atoms with Crippen molar-refractivity contribution in [1.29, 1.82) is 0 Å². The molecule has 2 N–H and O–H groups in total. The zero-order chi connectivity index (χ0) is 14.8. The van der Waals surface area contributed by atoms with Crippen molar-refractivity contribution < 1.29 is 14.6 Å². The highest BCUT2D eigenvalue weighted by Gasteiger charge is 2.59. The molecule has 1 aromatic heterocycles. The first-order valence-corrected chi connectivity index (χ1v) is 6.93. The number of carbonyl (C=O) groups is 1. The van der Waals surface area contributed by atoms with Gasteiger partial charge in [0.1, 0.15) is 0 Å². The molecule has 110 valence electrons. The van der Waals surface area contributed by atoms with Crippen LogP contribution in [0, 0.1) is 5.41 Å². The Morgan fingerprint density at radius 3 is 2.90 bits per heavy atom. The van der Waals surface area contributed by atoms with Gasteiger partial charge in [-0.2, -0.15) is 0 Å². The Morgan fingerprint density at radius 2 is 2.35 bits per heavy atom. The zero-order valence-corrected chi connectivity index (χ0v) is 12.2. The number of amides is 1. The maximum atomic E-state index is 12.0. The number of aliphatic hydroxyl groups is 1. The SMILES string of the molecule is CCOC1CC(O)(CNC(=O)c2cccnc2)C1(C)C. The number of ether oxygens (including phenoxy) is 1. The summed E-state index contributed by atoms with van der Waals surface area (Å²) in [4.78, 5) is 15.9. The van der Waals surface area contributed by atoms with E-state index in [1.807, 2.05) is 20.8 Å². The van der Waals surface area contributed by atoms with Crippen LogP contribution >= 0.6 is 0 Å². The normalized spacial score (nSPS) is 27.7. The third-order valence-corrected chi connectivity index (χ3v) is 4.36. The smallest absolute Gasteiger partial charge is 0.252 e. The average Bonchev–Trinajstić information content (AvgIpc) is 2.45. The molecule has 1 fully saturated rings. The number of nitrogens with zero attached hydrogens (tertiary/aromatic N) is 1. The number of pyridine rings is 1. The van der Waals surface area contributed by atoms with Gasteiger partial charge in [0.25, 0.3) is 5.91 Å². The van der Waals surface area contributed by atoms with Crippen molar-refractivity contribution in [2.45, 2.75) is 38.9 Å². The summed E-state index contributed by atoms with van der Waals surface area (Å²) < 4.78 is 5.60. The van der Waals surface area contributed by atoms with Gasteiger partial charge in [0.05, 0.1) is 17.3 Å². The number of hydrogen-bond acceptors (Lipinski definition) is 4. The lowest BCUT2D eigenvalue weighted by Crippen LogP contribution is -2.68. The fraction of sp³-hybridized carbons (Fsp3) is 0.600. The monoisotopic (exact) mass is 278 g/mol. The van der Waals surface area contributed by atoms with Crippen molar-refractivity contribution in [2.24, 2.45) is 5.41 Å². The first-order valence-electron chi connectivity index (χ1n) is 6.93. The Hall–Kier alpha value is -1.46. The molecule has 1 amide bonds. The van der Waals surface area contributed by atoms with Crippen LogP contribution in [0.1, 0.15) is 37.6 Å². The molecule has 1 aromatic rings. The lowest BCUT2D eigenvalue weighted by atomic mass is 9.56. The molecule has 20 heavy (non-hydrogen) atoms. The van der Waals surface area contributed by atoms with E-state index in [2.05, 4.69) is 10.3 Å². The summed E-state index contributed by atoms with van der Waals surface area (Å²) in [5.74, 6) is -0.220. The highest BCUT2D eigenvalue weighted by molar-refractivity contribution is 5.93. The van der Waals surface area contributed by atoms with Gasteiger partial charge in [-0.15, -0.1) is 0 Å². The van der Waals surface area contributed by atoms with E-state index in [0.717, 1.165) is 0 Å². The van der Waals surface area contributed by atoms with E-state index in [4.69, 9.17) is 4.74 Å². The largest absolute Gasteiger partial charge is 0.387 e. The Balaban J connectivity index is 1.93. The van der Waals surface area contributed by atoms with Crippen molar-refractivity contribution in [3.8, 4) is 0 Å². The summed E-state index contributed by atoms with van der Waals surface area (Å²) in [7, 11) is 0. The quantitative estimate of drug-likeness (QED) is 0.853. The van der Waals surface area contributed by atoms with Crippen LogP contribution in [0.3, 0.4) is 0 Å². The van der Waals surface area contributed by atoms with Crippen LogP contribution in [-0.2, 0) is 4.74 Å². The minimum atomic E-state index is -0.926. The van der Waals surface area contributed by atoms with Crippen molar-refractivity contribution in [3.63, 3.8) is 0 Å². The second kappa shape index (κ2) is 5.50. The van der Waals surface area contributed by atoms with E-state index in [1.165, 1.54) is 6.20 Å². The van der Waals surface area contributed by atoms with Gasteiger partial charge in [0.2, 0.25) is 0 Å². The van der Waals surface area contributed by atoms with Crippen molar-refractivity contribution in [3.05, 3.63) is 30.1 Å². The third kappa shape index (κ3) is 2.55. The van der Waals surface area contributed by atoms with Gasteiger partial charge in [-0.1, -0.05) is 13.8 Å². The van der Waals surface area contributed by atoms with E-state index < -0.39 is 5.60 Å². The molecule has 1 aliphatic rings. The molecule has 2 rings (SSSR count). The molecule has 2 atom stereocenters. The topological polar surface area (TPSA) is 71.5 Å². The molecule has 1 saturated carbocycles. The summed E-state index contributed by atoms with van der Waals surface area (Å²) in [6.07, 6.45) is 3.70. The molecular weight excluding hydrogens is 256 g/mol. The van der Waals surface area contributed by atoms with Crippen LogP contribution in [0.15, 0.2) is 24.5 Å². The van der Waals surface area contributed by atoms with E-state index in [0.29, 0.717) is 18.6 Å². The minimum Gasteiger partial charge on any atom is -0.387 e. The maximum absolute atomic E-state index is 12.0. The van der Waals surface area contributed by atoms with Gasteiger partial charge >= 0.3 is 0 Å².